The first-order valence-corrected chi connectivity index (χ1v) is 3.95. The molecule has 0 saturated carbocycles. The Kier molecular flexibility index (Phi) is 2.64. The lowest BCUT2D eigenvalue weighted by molar-refractivity contribution is 0.955. The van der Waals surface area contributed by atoms with Crippen LogP contribution in [-0.2, 0) is 6.42 Å². The van der Waals surface area contributed by atoms with E-state index in [2.05, 4.69) is 27.8 Å². The zero-order valence-corrected chi connectivity index (χ0v) is 7.15. The zero-order chi connectivity index (χ0) is 8.27. The van der Waals surface area contributed by atoms with Crippen LogP contribution in [-0.4, -0.2) is 26.6 Å². The van der Waals surface area contributed by atoms with Crippen molar-refractivity contribution in [2.75, 3.05) is 5.75 Å². The summed E-state index contributed by atoms with van der Waals surface area (Å²) in [6.07, 6.45) is 0.767. The summed E-state index contributed by atoms with van der Waals surface area (Å²) in [4.78, 5) is 4.06. The predicted molar refractivity (Wildman–Crippen MR) is 46.4 cm³/mol. The maximum Gasteiger partial charge on any atom is 0.194 e. The van der Waals surface area contributed by atoms with E-state index in [9.17, 15) is 0 Å². The van der Waals surface area contributed by atoms with Crippen LogP contribution >= 0.6 is 12.6 Å². The van der Waals surface area contributed by atoms with E-state index in [4.69, 9.17) is 5.41 Å². The first kappa shape index (κ1) is 8.26. The second-order valence-corrected chi connectivity index (χ2v) is 2.65. The SMILES string of the molecule is CC(=N)c1n[nH]c(CCS)n1. The molecule has 1 aromatic rings. The van der Waals surface area contributed by atoms with Gasteiger partial charge in [0.25, 0.3) is 0 Å². The van der Waals surface area contributed by atoms with E-state index in [0.717, 1.165) is 18.0 Å². The van der Waals surface area contributed by atoms with Crippen LogP contribution in [0, 0.1) is 5.41 Å². The van der Waals surface area contributed by atoms with Crippen LogP contribution in [0.4, 0.5) is 0 Å². The van der Waals surface area contributed by atoms with Gasteiger partial charge in [-0.25, -0.2) is 4.98 Å². The summed E-state index contributed by atoms with van der Waals surface area (Å²) in [5.74, 6) is 2.01. The highest BCUT2D eigenvalue weighted by Crippen LogP contribution is 1.95. The maximum atomic E-state index is 7.22. The highest BCUT2D eigenvalue weighted by Gasteiger charge is 2.02. The number of hydrogen-bond donors (Lipinski definition) is 3. The molecule has 0 unspecified atom stereocenters. The maximum absolute atomic E-state index is 7.22. The molecule has 0 aromatic carbocycles. The molecule has 60 valence electrons. The van der Waals surface area contributed by atoms with Crippen molar-refractivity contribution >= 4 is 18.3 Å². The van der Waals surface area contributed by atoms with Crippen LogP contribution in [0.3, 0.4) is 0 Å². The molecule has 0 aliphatic rings. The van der Waals surface area contributed by atoms with Crippen LogP contribution < -0.4 is 0 Å². The number of thiol groups is 1. The lowest BCUT2D eigenvalue weighted by atomic mass is 10.4. The fourth-order valence-electron chi connectivity index (χ4n) is 0.681. The molecule has 0 bridgehead atoms. The predicted octanol–water partition coefficient (Wildman–Crippen LogP) is 0.665. The molecule has 0 aliphatic carbocycles. The van der Waals surface area contributed by atoms with Gasteiger partial charge in [0, 0.05) is 6.42 Å². The van der Waals surface area contributed by atoms with Crippen LogP contribution in [0.15, 0.2) is 0 Å². The Balaban J connectivity index is 2.73. The van der Waals surface area contributed by atoms with E-state index in [1.54, 1.807) is 6.92 Å². The Morgan fingerprint density at radius 2 is 2.45 bits per heavy atom. The lowest BCUT2D eigenvalue weighted by Crippen LogP contribution is -1.95. The van der Waals surface area contributed by atoms with Crippen molar-refractivity contribution in [3.63, 3.8) is 0 Å². The molecular weight excluding hydrogens is 160 g/mol. The summed E-state index contributed by atoms with van der Waals surface area (Å²) in [7, 11) is 0. The van der Waals surface area contributed by atoms with E-state index in [1.807, 2.05) is 0 Å². The van der Waals surface area contributed by atoms with Crippen LogP contribution in [0.2, 0.25) is 0 Å². The molecule has 0 spiro atoms. The Labute approximate surface area is 70.3 Å². The average Bonchev–Trinajstić information content (AvgIpc) is 2.37. The molecule has 0 atom stereocenters. The van der Waals surface area contributed by atoms with Gasteiger partial charge in [-0.15, -0.1) is 0 Å². The summed E-state index contributed by atoms with van der Waals surface area (Å²) in [6, 6.07) is 0. The van der Waals surface area contributed by atoms with Gasteiger partial charge in [-0.2, -0.15) is 17.7 Å². The van der Waals surface area contributed by atoms with Gasteiger partial charge >= 0.3 is 0 Å². The summed E-state index contributed by atoms with van der Waals surface area (Å²) in [6.45, 7) is 1.66. The van der Waals surface area contributed by atoms with Gasteiger partial charge in [0.15, 0.2) is 5.82 Å². The number of nitrogens with zero attached hydrogens (tertiary/aromatic N) is 2. The fraction of sp³-hybridized carbons (Fsp3) is 0.500. The van der Waals surface area contributed by atoms with Crippen LogP contribution in [0.5, 0.6) is 0 Å². The molecule has 0 saturated heterocycles. The molecule has 0 fully saturated rings. The van der Waals surface area contributed by atoms with Gasteiger partial charge in [0.1, 0.15) is 5.82 Å². The third-order valence-corrected chi connectivity index (χ3v) is 1.44. The monoisotopic (exact) mass is 170 g/mol. The van der Waals surface area contributed by atoms with Crippen molar-refractivity contribution in [3.8, 4) is 0 Å². The Hall–Kier alpha value is -0.840. The van der Waals surface area contributed by atoms with Gasteiger partial charge in [-0.3, -0.25) is 5.10 Å². The number of nitrogens with one attached hydrogen (secondary N) is 2. The van der Waals surface area contributed by atoms with Crippen molar-refractivity contribution in [1.82, 2.24) is 15.2 Å². The molecule has 0 aliphatic heterocycles. The minimum atomic E-state index is 0.381. The Bertz CT molecular complexity index is 255. The highest BCUT2D eigenvalue weighted by atomic mass is 32.1. The van der Waals surface area contributed by atoms with Gasteiger partial charge in [-0.05, 0) is 12.7 Å². The van der Waals surface area contributed by atoms with Crippen LogP contribution in [0.1, 0.15) is 18.6 Å². The zero-order valence-electron chi connectivity index (χ0n) is 6.26. The lowest BCUT2D eigenvalue weighted by Gasteiger charge is -1.86. The standard InChI is InChI=1S/C6H10N4S/c1-4(7)6-8-5(2-3-11)9-10-6/h7,11H,2-3H2,1H3,(H,8,9,10). The van der Waals surface area contributed by atoms with E-state index in [1.165, 1.54) is 0 Å². The number of rotatable bonds is 3. The molecular formula is C6H10N4S. The molecule has 1 aromatic heterocycles. The van der Waals surface area contributed by atoms with Crippen molar-refractivity contribution in [1.29, 1.82) is 5.41 Å². The topological polar surface area (TPSA) is 65.4 Å². The summed E-state index contributed by atoms with van der Waals surface area (Å²) in [5, 5.41) is 13.8. The van der Waals surface area contributed by atoms with Gasteiger partial charge < -0.3 is 5.41 Å². The molecule has 5 heteroatoms. The smallest absolute Gasteiger partial charge is 0.194 e. The van der Waals surface area contributed by atoms with Gasteiger partial charge in [0.2, 0.25) is 0 Å². The molecule has 1 rings (SSSR count). The third kappa shape index (κ3) is 2.04. The number of hydrogen-bond acceptors (Lipinski definition) is 4. The number of H-pyrrole nitrogens is 1. The molecule has 1 heterocycles. The minimum absolute atomic E-state index is 0.381. The number of aromatic amines is 1. The quantitative estimate of drug-likeness (QED) is 0.461. The summed E-state index contributed by atoms with van der Waals surface area (Å²) in [5.41, 5.74) is 0.381. The first-order chi connectivity index (χ1) is 5.24. The molecule has 4 nitrogen and oxygen atoms in total. The van der Waals surface area contributed by atoms with Crippen molar-refractivity contribution in [2.24, 2.45) is 0 Å². The minimum Gasteiger partial charge on any atom is -0.302 e. The van der Waals surface area contributed by atoms with E-state index in [-0.39, 0.29) is 0 Å². The van der Waals surface area contributed by atoms with Crippen molar-refractivity contribution in [3.05, 3.63) is 11.6 Å². The fourth-order valence-corrected chi connectivity index (χ4v) is 0.893. The molecule has 0 radical (unpaired) electrons. The van der Waals surface area contributed by atoms with E-state index < -0.39 is 0 Å². The van der Waals surface area contributed by atoms with Crippen LogP contribution in [0.25, 0.3) is 0 Å². The van der Waals surface area contributed by atoms with Crippen molar-refractivity contribution < 1.29 is 0 Å². The molecule has 11 heavy (non-hydrogen) atoms. The number of aryl methyl sites for hydroxylation is 1. The molecule has 2 N–H and O–H groups in total. The summed E-state index contributed by atoms with van der Waals surface area (Å²) >= 11 is 4.05. The molecule has 0 amide bonds. The number of aromatic nitrogens is 3. The summed E-state index contributed by atoms with van der Waals surface area (Å²) < 4.78 is 0. The van der Waals surface area contributed by atoms with E-state index >= 15 is 0 Å². The van der Waals surface area contributed by atoms with Gasteiger partial charge in [-0.1, -0.05) is 0 Å². The Morgan fingerprint density at radius 1 is 1.73 bits per heavy atom. The average molecular weight is 170 g/mol. The second kappa shape index (κ2) is 3.52. The highest BCUT2D eigenvalue weighted by molar-refractivity contribution is 7.80. The largest absolute Gasteiger partial charge is 0.302 e. The van der Waals surface area contributed by atoms with Crippen molar-refractivity contribution in [2.45, 2.75) is 13.3 Å². The first-order valence-electron chi connectivity index (χ1n) is 3.31. The second-order valence-electron chi connectivity index (χ2n) is 2.20. The Morgan fingerprint density at radius 3 is 2.91 bits per heavy atom. The third-order valence-electron chi connectivity index (χ3n) is 1.22. The normalized spacial score (nSPS) is 10.0. The van der Waals surface area contributed by atoms with E-state index in [0.29, 0.717) is 11.5 Å². The van der Waals surface area contributed by atoms with Gasteiger partial charge in [0.05, 0.1) is 5.71 Å².